The van der Waals surface area contributed by atoms with Gasteiger partial charge in [-0.25, -0.2) is 4.79 Å². The second kappa shape index (κ2) is 6.35. The molecule has 2 saturated heterocycles. The molecular formula is C19H24N2O3. The maximum absolute atomic E-state index is 12.5. The first kappa shape index (κ1) is 16.6. The summed E-state index contributed by atoms with van der Waals surface area (Å²) in [6, 6.07) is 9.80. The molecule has 2 atom stereocenters. The van der Waals surface area contributed by atoms with Crippen molar-refractivity contribution >= 4 is 6.09 Å². The number of para-hydroxylation sites is 1. The van der Waals surface area contributed by atoms with Gasteiger partial charge in [0.15, 0.2) is 0 Å². The summed E-state index contributed by atoms with van der Waals surface area (Å²) in [4.78, 5) is 14.4. The summed E-state index contributed by atoms with van der Waals surface area (Å²) in [5, 5.41) is 9.19. The van der Waals surface area contributed by atoms with Crippen molar-refractivity contribution in [2.75, 3.05) is 0 Å². The topological polar surface area (TPSA) is 62.6 Å². The second-order valence-electron chi connectivity index (χ2n) is 7.59. The van der Waals surface area contributed by atoms with Gasteiger partial charge in [-0.1, -0.05) is 12.1 Å². The Hall–Kier alpha value is -2.22. The van der Waals surface area contributed by atoms with Crippen LogP contribution in [0.3, 0.4) is 0 Å². The van der Waals surface area contributed by atoms with Crippen LogP contribution in [0.2, 0.25) is 0 Å². The molecule has 2 fully saturated rings. The monoisotopic (exact) mass is 328 g/mol. The van der Waals surface area contributed by atoms with E-state index in [0.717, 1.165) is 25.7 Å². The van der Waals surface area contributed by atoms with Crippen molar-refractivity contribution in [2.45, 2.75) is 70.2 Å². The predicted molar refractivity (Wildman–Crippen MR) is 89.7 cm³/mol. The number of carbonyl (C=O) groups is 1. The second-order valence-corrected chi connectivity index (χ2v) is 7.59. The van der Waals surface area contributed by atoms with Gasteiger partial charge in [-0.15, -0.1) is 0 Å². The van der Waals surface area contributed by atoms with Crippen molar-refractivity contribution in [3.63, 3.8) is 0 Å². The van der Waals surface area contributed by atoms with Crippen LogP contribution < -0.4 is 4.74 Å². The number of carbonyl (C=O) groups excluding carboxylic acids is 1. The van der Waals surface area contributed by atoms with Gasteiger partial charge in [0.2, 0.25) is 0 Å². The van der Waals surface area contributed by atoms with E-state index in [9.17, 15) is 10.1 Å². The summed E-state index contributed by atoms with van der Waals surface area (Å²) in [6.07, 6.45) is 3.37. The largest absolute Gasteiger partial charge is 0.489 e. The zero-order valence-corrected chi connectivity index (χ0v) is 14.5. The standard InChI is InChI=1S/C19H24N2O3/c1-19(2,3)24-18(22)21-14-8-9-15(21)11-16(10-14)23-17-7-5-4-6-13(17)12-20/h4-7,14-16H,8-11H2,1-3H3. The molecule has 1 aromatic carbocycles. The number of hydrogen-bond donors (Lipinski definition) is 0. The van der Waals surface area contributed by atoms with Gasteiger partial charge in [-0.3, -0.25) is 0 Å². The van der Waals surface area contributed by atoms with Gasteiger partial charge >= 0.3 is 6.09 Å². The third-order valence-electron chi connectivity index (χ3n) is 4.60. The fourth-order valence-electron chi connectivity index (χ4n) is 3.68. The van der Waals surface area contributed by atoms with Gasteiger partial charge in [-0.05, 0) is 45.7 Å². The van der Waals surface area contributed by atoms with E-state index in [4.69, 9.17) is 9.47 Å². The zero-order chi connectivity index (χ0) is 17.3. The van der Waals surface area contributed by atoms with Crippen LogP contribution in [0.15, 0.2) is 24.3 Å². The molecule has 24 heavy (non-hydrogen) atoms. The third kappa shape index (κ3) is 3.48. The Labute approximate surface area is 143 Å². The SMILES string of the molecule is CC(C)(C)OC(=O)N1C2CCC1CC(Oc1ccccc1C#N)C2. The highest BCUT2D eigenvalue weighted by Crippen LogP contribution is 2.38. The van der Waals surface area contributed by atoms with Crippen molar-refractivity contribution in [2.24, 2.45) is 0 Å². The Morgan fingerprint density at radius 1 is 1.21 bits per heavy atom. The van der Waals surface area contributed by atoms with Crippen molar-refractivity contribution in [3.05, 3.63) is 29.8 Å². The highest BCUT2D eigenvalue weighted by Gasteiger charge is 2.45. The molecule has 2 aliphatic heterocycles. The lowest BCUT2D eigenvalue weighted by molar-refractivity contribution is -0.00710. The van der Waals surface area contributed by atoms with E-state index in [1.54, 1.807) is 6.07 Å². The molecule has 2 unspecified atom stereocenters. The van der Waals surface area contributed by atoms with Crippen LogP contribution in [-0.2, 0) is 4.74 Å². The molecule has 2 heterocycles. The minimum atomic E-state index is -0.477. The molecule has 128 valence electrons. The molecule has 1 aromatic rings. The molecule has 0 spiro atoms. The fourth-order valence-corrected chi connectivity index (χ4v) is 3.68. The Balaban J connectivity index is 1.67. The average Bonchev–Trinajstić information content (AvgIpc) is 2.78. The normalized spacial score (nSPS) is 25.9. The smallest absolute Gasteiger partial charge is 0.410 e. The summed E-state index contributed by atoms with van der Waals surface area (Å²) in [5.41, 5.74) is 0.0784. The van der Waals surface area contributed by atoms with Crippen LogP contribution in [0.5, 0.6) is 5.75 Å². The summed E-state index contributed by atoms with van der Waals surface area (Å²) in [7, 11) is 0. The number of amides is 1. The molecular weight excluding hydrogens is 304 g/mol. The molecule has 0 aromatic heterocycles. The predicted octanol–water partition coefficient (Wildman–Crippen LogP) is 3.87. The average molecular weight is 328 g/mol. The van der Waals surface area contributed by atoms with E-state index in [1.807, 2.05) is 43.9 Å². The van der Waals surface area contributed by atoms with E-state index in [0.29, 0.717) is 11.3 Å². The van der Waals surface area contributed by atoms with Crippen molar-refractivity contribution in [3.8, 4) is 11.8 Å². The molecule has 2 bridgehead atoms. The van der Waals surface area contributed by atoms with Crippen LogP contribution in [-0.4, -0.2) is 34.8 Å². The Morgan fingerprint density at radius 2 is 1.83 bits per heavy atom. The number of fused-ring (bicyclic) bond motifs is 2. The number of rotatable bonds is 2. The quantitative estimate of drug-likeness (QED) is 0.827. The summed E-state index contributed by atoms with van der Waals surface area (Å²) in [5.74, 6) is 0.634. The molecule has 0 saturated carbocycles. The van der Waals surface area contributed by atoms with E-state index in [1.165, 1.54) is 0 Å². The van der Waals surface area contributed by atoms with Gasteiger partial charge < -0.3 is 14.4 Å². The number of hydrogen-bond acceptors (Lipinski definition) is 4. The Morgan fingerprint density at radius 3 is 2.42 bits per heavy atom. The first-order chi connectivity index (χ1) is 11.4. The van der Waals surface area contributed by atoms with Gasteiger partial charge in [0.05, 0.1) is 5.56 Å². The first-order valence-electron chi connectivity index (χ1n) is 8.54. The highest BCUT2D eigenvalue weighted by molar-refractivity contribution is 5.69. The van der Waals surface area contributed by atoms with Crippen LogP contribution >= 0.6 is 0 Å². The molecule has 0 N–H and O–H groups in total. The first-order valence-corrected chi connectivity index (χ1v) is 8.54. The fraction of sp³-hybridized carbons (Fsp3) is 0.579. The Bertz CT molecular complexity index is 645. The van der Waals surface area contributed by atoms with Crippen LogP contribution in [0.25, 0.3) is 0 Å². The van der Waals surface area contributed by atoms with Crippen molar-refractivity contribution < 1.29 is 14.3 Å². The number of piperidine rings is 1. The molecule has 0 aliphatic carbocycles. The lowest BCUT2D eigenvalue weighted by Crippen LogP contribution is -2.50. The summed E-state index contributed by atoms with van der Waals surface area (Å²) in [6.45, 7) is 5.67. The number of nitrogens with zero attached hydrogens (tertiary/aromatic N) is 2. The van der Waals surface area contributed by atoms with Crippen molar-refractivity contribution in [1.29, 1.82) is 5.26 Å². The minimum Gasteiger partial charge on any atom is -0.489 e. The highest BCUT2D eigenvalue weighted by atomic mass is 16.6. The lowest BCUT2D eigenvalue weighted by Gasteiger charge is -2.39. The van der Waals surface area contributed by atoms with E-state index in [-0.39, 0.29) is 24.3 Å². The molecule has 0 radical (unpaired) electrons. The van der Waals surface area contributed by atoms with E-state index in [2.05, 4.69) is 6.07 Å². The molecule has 3 rings (SSSR count). The maximum atomic E-state index is 12.5. The van der Waals surface area contributed by atoms with Gasteiger partial charge in [0.1, 0.15) is 23.5 Å². The van der Waals surface area contributed by atoms with Gasteiger partial charge in [-0.2, -0.15) is 5.26 Å². The summed E-state index contributed by atoms with van der Waals surface area (Å²) >= 11 is 0. The number of benzene rings is 1. The number of ether oxygens (including phenoxy) is 2. The zero-order valence-electron chi connectivity index (χ0n) is 14.5. The number of nitriles is 1. The van der Waals surface area contributed by atoms with Crippen LogP contribution in [0.1, 0.15) is 52.0 Å². The van der Waals surface area contributed by atoms with Crippen LogP contribution in [0.4, 0.5) is 4.79 Å². The Kier molecular flexibility index (Phi) is 4.40. The van der Waals surface area contributed by atoms with Gasteiger partial charge in [0.25, 0.3) is 0 Å². The summed E-state index contributed by atoms with van der Waals surface area (Å²) < 4.78 is 11.6. The molecule has 1 amide bonds. The van der Waals surface area contributed by atoms with Gasteiger partial charge in [0, 0.05) is 24.9 Å². The molecule has 5 heteroatoms. The minimum absolute atomic E-state index is 0.0377. The van der Waals surface area contributed by atoms with Crippen molar-refractivity contribution in [1.82, 2.24) is 4.90 Å². The van der Waals surface area contributed by atoms with E-state index < -0.39 is 5.60 Å². The third-order valence-corrected chi connectivity index (χ3v) is 4.60. The molecule has 2 aliphatic rings. The van der Waals surface area contributed by atoms with Crippen LogP contribution in [0, 0.1) is 11.3 Å². The van der Waals surface area contributed by atoms with E-state index >= 15 is 0 Å². The molecule has 5 nitrogen and oxygen atoms in total. The maximum Gasteiger partial charge on any atom is 0.410 e. The lowest BCUT2D eigenvalue weighted by atomic mass is 10.00.